The van der Waals surface area contributed by atoms with Gasteiger partial charge in [-0.05, 0) is 43.5 Å². The maximum Gasteiger partial charge on any atom is 0.255 e. The lowest BCUT2D eigenvalue weighted by molar-refractivity contribution is 0.0555. The first-order valence-electron chi connectivity index (χ1n) is 8.62. The van der Waals surface area contributed by atoms with Crippen molar-refractivity contribution >= 4 is 15.9 Å². The molecular weight excluding hydrogens is 366 g/mol. The van der Waals surface area contributed by atoms with Crippen LogP contribution in [0.15, 0.2) is 29.2 Å². The summed E-state index contributed by atoms with van der Waals surface area (Å²) in [6.45, 7) is 2.20. The molecule has 9 heteroatoms. The molecule has 0 bridgehead atoms. The predicted octanol–water partition coefficient (Wildman–Crippen LogP) is 2.26. The van der Waals surface area contributed by atoms with E-state index in [0.717, 1.165) is 17.7 Å². The van der Waals surface area contributed by atoms with E-state index in [1.54, 1.807) is 6.92 Å². The van der Waals surface area contributed by atoms with Gasteiger partial charge in [-0.15, -0.1) is 0 Å². The predicted molar refractivity (Wildman–Crippen MR) is 92.8 cm³/mol. The van der Waals surface area contributed by atoms with Crippen molar-refractivity contribution in [2.75, 3.05) is 26.2 Å². The summed E-state index contributed by atoms with van der Waals surface area (Å²) in [5.74, 6) is -0.539. The van der Waals surface area contributed by atoms with Crippen LogP contribution in [0.3, 0.4) is 0 Å². The number of amides is 1. The highest BCUT2D eigenvalue weighted by Gasteiger charge is 2.22. The summed E-state index contributed by atoms with van der Waals surface area (Å²) in [5, 5.41) is 0. The van der Waals surface area contributed by atoms with Crippen LogP contribution in [0, 0.1) is 0 Å². The van der Waals surface area contributed by atoms with E-state index in [0.29, 0.717) is 13.0 Å². The Kier molecular flexibility index (Phi) is 7.48. The number of hydrogen-bond donors (Lipinski definition) is 1. The summed E-state index contributed by atoms with van der Waals surface area (Å²) in [5.41, 5.74) is 0.178. The van der Waals surface area contributed by atoms with Crippen molar-refractivity contribution < 1.29 is 26.7 Å². The Hall–Kier alpha value is -1.58. The average molecular weight is 390 g/mol. The van der Waals surface area contributed by atoms with Gasteiger partial charge in [0, 0.05) is 25.3 Å². The van der Waals surface area contributed by atoms with Crippen molar-refractivity contribution in [1.29, 1.82) is 0 Å². The second-order valence-corrected chi connectivity index (χ2v) is 7.92. The van der Waals surface area contributed by atoms with Crippen molar-refractivity contribution in [3.63, 3.8) is 0 Å². The number of ether oxygens (including phenoxy) is 1. The fraction of sp³-hybridized carbons (Fsp3) is 0.588. The summed E-state index contributed by atoms with van der Waals surface area (Å²) in [7, 11) is -3.71. The normalized spacial score (nSPS) is 17.6. The molecule has 0 aromatic heterocycles. The zero-order chi connectivity index (χ0) is 19.2. The molecular formula is C17H24F2N2O4S. The molecule has 2 rings (SSSR count). The van der Waals surface area contributed by atoms with Crippen LogP contribution >= 0.6 is 0 Å². The maximum atomic E-state index is 12.6. The molecule has 0 saturated carbocycles. The second kappa shape index (κ2) is 9.38. The van der Waals surface area contributed by atoms with Crippen LogP contribution in [0.5, 0.6) is 0 Å². The van der Waals surface area contributed by atoms with Gasteiger partial charge in [0.15, 0.2) is 0 Å². The molecule has 1 heterocycles. The summed E-state index contributed by atoms with van der Waals surface area (Å²) in [6, 6.07) is 5.29. The molecule has 1 atom stereocenters. The molecule has 1 amide bonds. The van der Waals surface area contributed by atoms with Gasteiger partial charge in [0.1, 0.15) is 0 Å². The van der Waals surface area contributed by atoms with E-state index in [2.05, 4.69) is 4.72 Å². The number of hydrogen-bond acceptors (Lipinski definition) is 4. The van der Waals surface area contributed by atoms with Gasteiger partial charge in [-0.2, -0.15) is 0 Å². The van der Waals surface area contributed by atoms with Gasteiger partial charge in [-0.25, -0.2) is 21.9 Å². The molecule has 6 nitrogen and oxygen atoms in total. The number of carbonyl (C=O) groups excluding carboxylic acids is 1. The summed E-state index contributed by atoms with van der Waals surface area (Å²) in [6.07, 6.45) is -0.462. The highest BCUT2D eigenvalue weighted by Crippen LogP contribution is 2.15. The van der Waals surface area contributed by atoms with Gasteiger partial charge >= 0.3 is 0 Å². The number of nitrogens with one attached hydrogen (secondary N) is 1. The largest absolute Gasteiger partial charge is 0.377 e. The van der Waals surface area contributed by atoms with Crippen LogP contribution in [-0.4, -0.2) is 58.0 Å². The minimum atomic E-state index is -3.71. The Labute approximate surface area is 152 Å². The van der Waals surface area contributed by atoms with E-state index < -0.39 is 28.9 Å². The van der Waals surface area contributed by atoms with Gasteiger partial charge in [0.05, 0.1) is 17.5 Å². The SMILES string of the molecule is CCCN(CC(F)F)C(=O)c1ccc(S(=O)(=O)NCC2CCCO2)cc1. The molecule has 0 aliphatic carbocycles. The van der Waals surface area contributed by atoms with Gasteiger partial charge in [-0.3, -0.25) is 4.79 Å². The fourth-order valence-electron chi connectivity index (χ4n) is 2.76. The van der Waals surface area contributed by atoms with E-state index in [-0.39, 0.29) is 29.7 Å². The van der Waals surface area contributed by atoms with Crippen molar-refractivity contribution in [3.8, 4) is 0 Å². The highest BCUT2D eigenvalue weighted by molar-refractivity contribution is 7.89. The lowest BCUT2D eigenvalue weighted by Crippen LogP contribution is -2.35. The molecule has 1 N–H and O–H groups in total. The third-order valence-corrected chi connectivity index (χ3v) is 5.52. The number of alkyl halides is 2. The maximum absolute atomic E-state index is 12.6. The van der Waals surface area contributed by atoms with Gasteiger partial charge in [0.2, 0.25) is 10.0 Å². The minimum Gasteiger partial charge on any atom is -0.377 e. The third kappa shape index (κ3) is 5.72. The molecule has 1 aromatic rings. The Bertz CT molecular complexity index is 689. The number of halogens is 2. The second-order valence-electron chi connectivity index (χ2n) is 6.15. The monoisotopic (exact) mass is 390 g/mol. The Morgan fingerprint density at radius 1 is 1.35 bits per heavy atom. The van der Waals surface area contributed by atoms with Crippen LogP contribution in [0.2, 0.25) is 0 Å². The average Bonchev–Trinajstić information content (AvgIpc) is 3.12. The molecule has 0 spiro atoms. The summed E-state index contributed by atoms with van der Waals surface area (Å²) in [4.78, 5) is 13.4. The zero-order valence-electron chi connectivity index (χ0n) is 14.7. The van der Waals surface area contributed by atoms with E-state index in [9.17, 15) is 22.0 Å². The van der Waals surface area contributed by atoms with E-state index in [4.69, 9.17) is 4.74 Å². The minimum absolute atomic E-state index is 0.0166. The lowest BCUT2D eigenvalue weighted by atomic mass is 10.2. The highest BCUT2D eigenvalue weighted by atomic mass is 32.2. The smallest absolute Gasteiger partial charge is 0.255 e. The quantitative estimate of drug-likeness (QED) is 0.702. The molecule has 1 aromatic carbocycles. The molecule has 1 aliphatic rings. The molecule has 1 saturated heterocycles. The van der Waals surface area contributed by atoms with Crippen LogP contribution in [0.4, 0.5) is 8.78 Å². The number of carbonyl (C=O) groups is 1. The Balaban J connectivity index is 2.04. The van der Waals surface area contributed by atoms with Crippen LogP contribution in [0.1, 0.15) is 36.5 Å². The molecule has 26 heavy (non-hydrogen) atoms. The molecule has 1 fully saturated rings. The van der Waals surface area contributed by atoms with Crippen molar-refractivity contribution in [2.24, 2.45) is 0 Å². The van der Waals surface area contributed by atoms with Crippen LogP contribution < -0.4 is 4.72 Å². The Morgan fingerprint density at radius 2 is 2.04 bits per heavy atom. The van der Waals surface area contributed by atoms with E-state index >= 15 is 0 Å². The van der Waals surface area contributed by atoms with Gasteiger partial charge in [0.25, 0.3) is 12.3 Å². The van der Waals surface area contributed by atoms with Crippen molar-refractivity contribution in [1.82, 2.24) is 9.62 Å². The van der Waals surface area contributed by atoms with Crippen molar-refractivity contribution in [2.45, 2.75) is 43.6 Å². The number of benzene rings is 1. The van der Waals surface area contributed by atoms with E-state index in [1.807, 2.05) is 0 Å². The van der Waals surface area contributed by atoms with Gasteiger partial charge in [-0.1, -0.05) is 6.92 Å². The van der Waals surface area contributed by atoms with Crippen molar-refractivity contribution in [3.05, 3.63) is 29.8 Å². The topological polar surface area (TPSA) is 75.7 Å². The Morgan fingerprint density at radius 3 is 2.58 bits per heavy atom. The number of sulfonamides is 1. The summed E-state index contributed by atoms with van der Waals surface area (Å²) >= 11 is 0. The third-order valence-electron chi connectivity index (χ3n) is 4.08. The van der Waals surface area contributed by atoms with Crippen LogP contribution in [-0.2, 0) is 14.8 Å². The fourth-order valence-corrected chi connectivity index (χ4v) is 3.83. The first kappa shape index (κ1) is 20.7. The lowest BCUT2D eigenvalue weighted by Gasteiger charge is -2.21. The van der Waals surface area contributed by atoms with Gasteiger partial charge < -0.3 is 9.64 Å². The number of rotatable bonds is 9. The van der Waals surface area contributed by atoms with Crippen LogP contribution in [0.25, 0.3) is 0 Å². The standard InChI is InChI=1S/C17H24F2N2O4S/c1-2-9-21(12-16(18)19)17(22)13-5-7-15(8-6-13)26(23,24)20-11-14-4-3-10-25-14/h5-8,14,16,20H,2-4,9-12H2,1H3. The van der Waals surface area contributed by atoms with E-state index in [1.165, 1.54) is 24.3 Å². The molecule has 0 radical (unpaired) electrons. The molecule has 1 unspecified atom stereocenters. The summed E-state index contributed by atoms with van der Waals surface area (Å²) < 4.78 is 57.7. The first-order chi connectivity index (χ1) is 12.3. The number of nitrogens with zero attached hydrogens (tertiary/aromatic N) is 1. The molecule has 146 valence electrons. The molecule has 1 aliphatic heterocycles. The zero-order valence-corrected chi connectivity index (χ0v) is 15.5. The first-order valence-corrected chi connectivity index (χ1v) is 10.1.